The number of amides is 1. The molecule has 0 aromatic heterocycles. The molecule has 1 heterocycles. The SMILES string of the molecule is CC1CN(C(=O)c2ccc(I)c(O)c2)CCN1C. The molecule has 0 spiro atoms. The Balaban J connectivity index is 2.14. The molecule has 1 aromatic carbocycles. The van der Waals surface area contributed by atoms with Crippen LogP contribution >= 0.6 is 22.6 Å². The first-order valence-electron chi connectivity index (χ1n) is 5.97. The molecule has 1 unspecified atom stereocenters. The lowest BCUT2D eigenvalue weighted by atomic mass is 10.1. The summed E-state index contributed by atoms with van der Waals surface area (Å²) in [4.78, 5) is 16.4. The van der Waals surface area contributed by atoms with Crippen molar-refractivity contribution in [2.24, 2.45) is 0 Å². The van der Waals surface area contributed by atoms with E-state index in [1.807, 2.05) is 27.5 Å². The first kappa shape index (κ1) is 13.6. The molecule has 0 saturated carbocycles. The summed E-state index contributed by atoms with van der Waals surface area (Å²) < 4.78 is 0.760. The van der Waals surface area contributed by atoms with Crippen LogP contribution in [0, 0.1) is 3.57 Å². The van der Waals surface area contributed by atoms with Crippen LogP contribution in [0.25, 0.3) is 0 Å². The lowest BCUT2D eigenvalue weighted by Crippen LogP contribution is -2.52. The van der Waals surface area contributed by atoms with Crippen molar-refractivity contribution in [3.63, 3.8) is 0 Å². The Morgan fingerprint density at radius 2 is 2.17 bits per heavy atom. The van der Waals surface area contributed by atoms with Gasteiger partial charge in [0.2, 0.25) is 0 Å². The second kappa shape index (κ2) is 5.44. The van der Waals surface area contributed by atoms with Crippen molar-refractivity contribution < 1.29 is 9.90 Å². The van der Waals surface area contributed by atoms with E-state index in [1.165, 1.54) is 0 Å². The molecule has 1 atom stereocenters. The van der Waals surface area contributed by atoms with E-state index in [4.69, 9.17) is 0 Å². The number of carbonyl (C=O) groups excluding carboxylic acids is 1. The molecule has 1 N–H and O–H groups in total. The maximum Gasteiger partial charge on any atom is 0.254 e. The zero-order valence-corrected chi connectivity index (χ0v) is 12.7. The fourth-order valence-electron chi connectivity index (χ4n) is 2.06. The van der Waals surface area contributed by atoms with E-state index in [-0.39, 0.29) is 11.7 Å². The number of phenols is 1. The van der Waals surface area contributed by atoms with Gasteiger partial charge in [-0.3, -0.25) is 4.79 Å². The molecule has 18 heavy (non-hydrogen) atoms. The van der Waals surface area contributed by atoms with Crippen LogP contribution in [-0.2, 0) is 0 Å². The Morgan fingerprint density at radius 1 is 1.44 bits per heavy atom. The molecule has 1 amide bonds. The molecule has 2 rings (SSSR count). The van der Waals surface area contributed by atoms with Gasteiger partial charge < -0.3 is 14.9 Å². The molecule has 4 nitrogen and oxygen atoms in total. The van der Waals surface area contributed by atoms with Crippen LogP contribution in [0.4, 0.5) is 0 Å². The highest BCUT2D eigenvalue weighted by Gasteiger charge is 2.25. The van der Waals surface area contributed by atoms with Gasteiger partial charge in [-0.15, -0.1) is 0 Å². The summed E-state index contributed by atoms with van der Waals surface area (Å²) in [6, 6.07) is 5.46. The van der Waals surface area contributed by atoms with Crippen molar-refractivity contribution in [2.75, 3.05) is 26.7 Å². The number of halogens is 1. The summed E-state index contributed by atoms with van der Waals surface area (Å²) in [5.74, 6) is 0.172. The topological polar surface area (TPSA) is 43.8 Å². The van der Waals surface area contributed by atoms with E-state index in [2.05, 4.69) is 18.9 Å². The highest BCUT2D eigenvalue weighted by molar-refractivity contribution is 14.1. The summed E-state index contributed by atoms with van der Waals surface area (Å²) in [6.07, 6.45) is 0. The minimum absolute atomic E-state index is 0.00153. The van der Waals surface area contributed by atoms with Gasteiger partial charge in [0.05, 0.1) is 3.57 Å². The van der Waals surface area contributed by atoms with E-state index in [1.54, 1.807) is 18.2 Å². The number of rotatable bonds is 1. The van der Waals surface area contributed by atoms with Gasteiger partial charge in [-0.05, 0) is 54.8 Å². The lowest BCUT2D eigenvalue weighted by molar-refractivity contribution is 0.0572. The van der Waals surface area contributed by atoms with Crippen molar-refractivity contribution in [3.05, 3.63) is 27.3 Å². The van der Waals surface area contributed by atoms with Gasteiger partial charge in [0.15, 0.2) is 0 Å². The second-order valence-corrected chi connectivity index (χ2v) is 5.91. The standard InChI is InChI=1S/C13H17IN2O2/c1-9-8-16(6-5-15(9)2)13(18)10-3-4-11(14)12(17)7-10/h3-4,7,9,17H,5-6,8H2,1-2H3. The Kier molecular flexibility index (Phi) is 4.11. The Morgan fingerprint density at radius 3 is 2.78 bits per heavy atom. The van der Waals surface area contributed by atoms with Crippen molar-refractivity contribution in [3.8, 4) is 5.75 Å². The van der Waals surface area contributed by atoms with Crippen LogP contribution in [0.1, 0.15) is 17.3 Å². The van der Waals surface area contributed by atoms with Crippen LogP contribution in [0.5, 0.6) is 5.75 Å². The average Bonchev–Trinajstić information content (AvgIpc) is 2.35. The predicted molar refractivity (Wildman–Crippen MR) is 78.8 cm³/mol. The van der Waals surface area contributed by atoms with Crippen LogP contribution in [0.3, 0.4) is 0 Å². The summed E-state index contributed by atoms with van der Waals surface area (Å²) >= 11 is 2.04. The van der Waals surface area contributed by atoms with E-state index >= 15 is 0 Å². The number of aromatic hydroxyl groups is 1. The number of carbonyl (C=O) groups is 1. The fourth-order valence-corrected chi connectivity index (χ4v) is 2.40. The van der Waals surface area contributed by atoms with Gasteiger partial charge in [-0.25, -0.2) is 0 Å². The number of likely N-dealkylation sites (N-methyl/N-ethyl adjacent to an activating group) is 1. The molecule has 0 radical (unpaired) electrons. The third kappa shape index (κ3) is 2.77. The molecule has 1 aliphatic heterocycles. The summed E-state index contributed by atoms with van der Waals surface area (Å²) in [5, 5.41) is 9.65. The quantitative estimate of drug-likeness (QED) is 0.777. The minimum Gasteiger partial charge on any atom is -0.507 e. The molecule has 0 aliphatic carbocycles. The summed E-state index contributed by atoms with van der Waals surface area (Å²) in [7, 11) is 2.07. The van der Waals surface area contributed by atoms with E-state index in [0.29, 0.717) is 11.6 Å². The van der Waals surface area contributed by atoms with Crippen LogP contribution in [0.2, 0.25) is 0 Å². The molecular weight excluding hydrogens is 343 g/mol. The summed E-state index contributed by atoms with van der Waals surface area (Å²) in [6.45, 7) is 4.49. The molecule has 1 saturated heterocycles. The predicted octanol–water partition coefficient (Wildman–Crippen LogP) is 1.77. The van der Waals surface area contributed by atoms with Crippen molar-refractivity contribution >= 4 is 28.5 Å². The zero-order valence-electron chi connectivity index (χ0n) is 10.6. The van der Waals surface area contributed by atoms with Crippen LogP contribution in [-0.4, -0.2) is 53.5 Å². The second-order valence-electron chi connectivity index (χ2n) is 4.75. The third-order valence-electron chi connectivity index (χ3n) is 3.44. The molecule has 1 aromatic rings. The van der Waals surface area contributed by atoms with Crippen LogP contribution < -0.4 is 0 Å². The Hall–Kier alpha value is -0.820. The lowest BCUT2D eigenvalue weighted by Gasteiger charge is -2.37. The maximum atomic E-state index is 12.3. The van der Waals surface area contributed by atoms with Gasteiger partial charge >= 0.3 is 0 Å². The van der Waals surface area contributed by atoms with E-state index in [0.717, 1.165) is 23.2 Å². The largest absolute Gasteiger partial charge is 0.507 e. The Labute approximate surface area is 121 Å². The molecule has 0 bridgehead atoms. The van der Waals surface area contributed by atoms with E-state index in [9.17, 15) is 9.90 Å². The molecule has 1 fully saturated rings. The number of hydrogen-bond acceptors (Lipinski definition) is 3. The first-order chi connectivity index (χ1) is 8.49. The molecule has 5 heteroatoms. The van der Waals surface area contributed by atoms with Gasteiger partial charge in [-0.1, -0.05) is 0 Å². The maximum absolute atomic E-state index is 12.3. The Bertz CT molecular complexity index is 464. The highest BCUT2D eigenvalue weighted by Crippen LogP contribution is 2.22. The molecular formula is C13H17IN2O2. The normalized spacial score (nSPS) is 21.1. The average molecular weight is 360 g/mol. The van der Waals surface area contributed by atoms with Gasteiger partial charge in [-0.2, -0.15) is 0 Å². The highest BCUT2D eigenvalue weighted by atomic mass is 127. The van der Waals surface area contributed by atoms with E-state index < -0.39 is 0 Å². The number of phenolic OH excluding ortho intramolecular Hbond substituents is 1. The van der Waals surface area contributed by atoms with Gasteiger partial charge in [0.1, 0.15) is 5.75 Å². The van der Waals surface area contributed by atoms with Gasteiger partial charge in [0.25, 0.3) is 5.91 Å². The van der Waals surface area contributed by atoms with Crippen LogP contribution in [0.15, 0.2) is 18.2 Å². The number of hydrogen-bond donors (Lipinski definition) is 1. The first-order valence-corrected chi connectivity index (χ1v) is 7.05. The minimum atomic E-state index is 0.00153. The van der Waals surface area contributed by atoms with Crippen molar-refractivity contribution in [1.29, 1.82) is 0 Å². The number of piperazine rings is 1. The smallest absolute Gasteiger partial charge is 0.254 e. The third-order valence-corrected chi connectivity index (χ3v) is 4.35. The summed E-state index contributed by atoms with van der Waals surface area (Å²) in [5.41, 5.74) is 0.560. The molecule has 98 valence electrons. The number of benzene rings is 1. The fraction of sp³-hybridized carbons (Fsp3) is 0.462. The van der Waals surface area contributed by atoms with Crippen molar-refractivity contribution in [2.45, 2.75) is 13.0 Å². The van der Waals surface area contributed by atoms with Gasteiger partial charge in [0, 0.05) is 31.2 Å². The van der Waals surface area contributed by atoms with Crippen molar-refractivity contribution in [1.82, 2.24) is 9.80 Å². The number of nitrogens with zero attached hydrogens (tertiary/aromatic N) is 2. The molecule has 1 aliphatic rings. The zero-order chi connectivity index (χ0) is 13.3. The monoisotopic (exact) mass is 360 g/mol.